The van der Waals surface area contributed by atoms with E-state index in [0.29, 0.717) is 26.2 Å². The van der Waals surface area contributed by atoms with Crippen LogP contribution in [0, 0.1) is 6.92 Å². The van der Waals surface area contributed by atoms with E-state index in [1.54, 1.807) is 4.90 Å². The van der Waals surface area contributed by atoms with Gasteiger partial charge in [0.25, 0.3) is 0 Å². The predicted molar refractivity (Wildman–Crippen MR) is 67.8 cm³/mol. The molecule has 1 fully saturated rings. The van der Waals surface area contributed by atoms with Gasteiger partial charge < -0.3 is 14.2 Å². The number of hydrogen-bond acceptors (Lipinski definition) is 5. The van der Waals surface area contributed by atoms with Crippen molar-refractivity contribution in [3.8, 4) is 0 Å². The standard InChI is InChI=1S/C12H17N5O3/c1-8-5-16(6-10-14-13-9(2)17(8)10)11(18)7-15-3-4-20-12(15)19/h8H,3-7H2,1-2H3. The van der Waals surface area contributed by atoms with E-state index in [-0.39, 0.29) is 18.5 Å². The highest BCUT2D eigenvalue weighted by Crippen LogP contribution is 2.21. The van der Waals surface area contributed by atoms with Crippen LogP contribution in [0.25, 0.3) is 0 Å². The van der Waals surface area contributed by atoms with Gasteiger partial charge in [0.15, 0.2) is 5.82 Å². The Hall–Kier alpha value is -2.12. The fourth-order valence-corrected chi connectivity index (χ4v) is 2.75. The third-order valence-electron chi connectivity index (χ3n) is 3.72. The highest BCUT2D eigenvalue weighted by atomic mass is 16.6. The van der Waals surface area contributed by atoms with Crippen molar-refractivity contribution in [1.29, 1.82) is 0 Å². The smallest absolute Gasteiger partial charge is 0.410 e. The SMILES string of the molecule is Cc1nnc2n1C(C)CN(C(=O)CN1CCOC1=O)C2. The summed E-state index contributed by atoms with van der Waals surface area (Å²) in [6.45, 7) is 5.88. The van der Waals surface area contributed by atoms with Gasteiger partial charge in [-0.3, -0.25) is 9.69 Å². The Morgan fingerprint density at radius 1 is 1.45 bits per heavy atom. The molecule has 2 aliphatic heterocycles. The predicted octanol–water partition coefficient (Wildman–Crippen LogP) is -0.0581. The largest absolute Gasteiger partial charge is 0.448 e. The average molecular weight is 279 g/mol. The van der Waals surface area contributed by atoms with Crippen LogP contribution in [0.4, 0.5) is 4.79 Å². The van der Waals surface area contributed by atoms with Gasteiger partial charge in [-0.25, -0.2) is 4.79 Å². The summed E-state index contributed by atoms with van der Waals surface area (Å²) in [5.41, 5.74) is 0. The normalized spacial score (nSPS) is 21.9. The molecule has 0 radical (unpaired) electrons. The molecule has 1 unspecified atom stereocenters. The van der Waals surface area contributed by atoms with Gasteiger partial charge in [0.2, 0.25) is 5.91 Å². The number of carbonyl (C=O) groups excluding carboxylic acids is 2. The van der Waals surface area contributed by atoms with Crippen LogP contribution in [0.15, 0.2) is 0 Å². The van der Waals surface area contributed by atoms with Gasteiger partial charge in [-0.05, 0) is 13.8 Å². The molecule has 8 nitrogen and oxygen atoms in total. The van der Waals surface area contributed by atoms with Crippen LogP contribution in [0.3, 0.4) is 0 Å². The van der Waals surface area contributed by atoms with Crippen molar-refractivity contribution < 1.29 is 14.3 Å². The van der Waals surface area contributed by atoms with Crippen molar-refractivity contribution in [3.05, 3.63) is 11.6 Å². The van der Waals surface area contributed by atoms with Gasteiger partial charge >= 0.3 is 6.09 Å². The molecule has 0 aromatic carbocycles. The molecular weight excluding hydrogens is 262 g/mol. The van der Waals surface area contributed by atoms with Crippen molar-refractivity contribution in [1.82, 2.24) is 24.6 Å². The fraction of sp³-hybridized carbons (Fsp3) is 0.667. The summed E-state index contributed by atoms with van der Waals surface area (Å²) in [5, 5.41) is 8.15. The number of aryl methyl sites for hydroxylation is 1. The van der Waals surface area contributed by atoms with Gasteiger partial charge in [-0.2, -0.15) is 0 Å². The minimum Gasteiger partial charge on any atom is -0.448 e. The lowest BCUT2D eigenvalue weighted by Crippen LogP contribution is -2.45. The molecule has 2 aliphatic rings. The van der Waals surface area contributed by atoms with Gasteiger partial charge in [-0.15, -0.1) is 10.2 Å². The van der Waals surface area contributed by atoms with Crippen LogP contribution in [-0.4, -0.2) is 62.8 Å². The lowest BCUT2D eigenvalue weighted by atomic mass is 10.2. The van der Waals surface area contributed by atoms with E-state index in [9.17, 15) is 9.59 Å². The first kappa shape index (κ1) is 12.9. The zero-order valence-electron chi connectivity index (χ0n) is 11.6. The first-order chi connectivity index (χ1) is 9.56. The van der Waals surface area contributed by atoms with Crippen LogP contribution >= 0.6 is 0 Å². The maximum Gasteiger partial charge on any atom is 0.410 e. The van der Waals surface area contributed by atoms with Crippen LogP contribution < -0.4 is 0 Å². The molecule has 1 aromatic heterocycles. The minimum absolute atomic E-state index is 0.0681. The summed E-state index contributed by atoms with van der Waals surface area (Å²) in [5.74, 6) is 1.57. The van der Waals surface area contributed by atoms with E-state index in [4.69, 9.17) is 4.74 Å². The Morgan fingerprint density at radius 2 is 2.25 bits per heavy atom. The van der Waals surface area contributed by atoms with Crippen molar-refractivity contribution >= 4 is 12.0 Å². The quantitative estimate of drug-likeness (QED) is 0.757. The Kier molecular flexibility index (Phi) is 3.07. The minimum atomic E-state index is -0.414. The molecule has 8 heteroatoms. The zero-order chi connectivity index (χ0) is 14.3. The Labute approximate surface area is 116 Å². The molecule has 1 aromatic rings. The van der Waals surface area contributed by atoms with Crippen LogP contribution in [0.2, 0.25) is 0 Å². The molecule has 1 saturated heterocycles. The Bertz CT molecular complexity index is 555. The highest BCUT2D eigenvalue weighted by Gasteiger charge is 2.31. The molecule has 108 valence electrons. The molecule has 3 heterocycles. The lowest BCUT2D eigenvalue weighted by molar-refractivity contribution is -0.133. The Morgan fingerprint density at radius 3 is 2.95 bits per heavy atom. The summed E-state index contributed by atoms with van der Waals surface area (Å²) in [6, 6.07) is 0.142. The summed E-state index contributed by atoms with van der Waals surface area (Å²) < 4.78 is 6.87. The van der Waals surface area contributed by atoms with E-state index in [2.05, 4.69) is 10.2 Å². The van der Waals surface area contributed by atoms with E-state index < -0.39 is 6.09 Å². The summed E-state index contributed by atoms with van der Waals surface area (Å²) >= 11 is 0. The second-order valence-electron chi connectivity index (χ2n) is 5.19. The third-order valence-corrected chi connectivity index (χ3v) is 3.72. The number of carbonyl (C=O) groups is 2. The first-order valence-corrected chi connectivity index (χ1v) is 6.66. The van der Waals surface area contributed by atoms with Crippen molar-refractivity contribution in [2.75, 3.05) is 26.2 Å². The molecule has 0 spiro atoms. The number of hydrogen-bond donors (Lipinski definition) is 0. The third kappa shape index (κ3) is 2.10. The van der Waals surface area contributed by atoms with E-state index in [0.717, 1.165) is 11.6 Å². The summed E-state index contributed by atoms with van der Waals surface area (Å²) in [6.07, 6.45) is -0.414. The number of rotatable bonds is 2. The molecule has 0 bridgehead atoms. The topological polar surface area (TPSA) is 80.6 Å². The average Bonchev–Trinajstić information content (AvgIpc) is 2.97. The molecule has 20 heavy (non-hydrogen) atoms. The van der Waals surface area contributed by atoms with Crippen LogP contribution in [0.1, 0.15) is 24.6 Å². The number of amides is 2. The molecule has 0 N–H and O–H groups in total. The van der Waals surface area contributed by atoms with E-state index >= 15 is 0 Å². The molecule has 1 atom stereocenters. The number of aromatic nitrogens is 3. The lowest BCUT2D eigenvalue weighted by Gasteiger charge is -2.33. The van der Waals surface area contributed by atoms with E-state index in [1.165, 1.54) is 4.90 Å². The number of ether oxygens (including phenoxy) is 1. The monoisotopic (exact) mass is 279 g/mol. The number of fused-ring (bicyclic) bond motifs is 1. The summed E-state index contributed by atoms with van der Waals surface area (Å²) in [4.78, 5) is 26.8. The highest BCUT2D eigenvalue weighted by molar-refractivity contribution is 5.83. The van der Waals surface area contributed by atoms with Crippen LogP contribution in [-0.2, 0) is 16.1 Å². The fourth-order valence-electron chi connectivity index (χ4n) is 2.75. The Balaban J connectivity index is 1.70. The molecule has 0 aliphatic carbocycles. The van der Waals surface area contributed by atoms with Gasteiger partial charge in [0, 0.05) is 6.54 Å². The van der Waals surface area contributed by atoms with Crippen LogP contribution in [0.5, 0.6) is 0 Å². The van der Waals surface area contributed by atoms with Crippen molar-refractivity contribution in [3.63, 3.8) is 0 Å². The molecule has 3 rings (SSSR count). The second-order valence-corrected chi connectivity index (χ2v) is 5.19. The molecular formula is C12H17N5O3. The maximum atomic E-state index is 12.3. The number of nitrogens with zero attached hydrogens (tertiary/aromatic N) is 5. The first-order valence-electron chi connectivity index (χ1n) is 6.66. The second kappa shape index (κ2) is 4.77. The van der Waals surface area contributed by atoms with Gasteiger partial charge in [-0.1, -0.05) is 0 Å². The maximum absolute atomic E-state index is 12.3. The van der Waals surface area contributed by atoms with Gasteiger partial charge in [0.1, 0.15) is 19.0 Å². The molecule has 2 amide bonds. The van der Waals surface area contributed by atoms with Crippen molar-refractivity contribution in [2.45, 2.75) is 26.4 Å². The van der Waals surface area contributed by atoms with Crippen molar-refractivity contribution in [2.24, 2.45) is 0 Å². The van der Waals surface area contributed by atoms with E-state index in [1.807, 2.05) is 18.4 Å². The zero-order valence-corrected chi connectivity index (χ0v) is 11.6. The molecule has 0 saturated carbocycles. The summed E-state index contributed by atoms with van der Waals surface area (Å²) in [7, 11) is 0. The number of cyclic esters (lactones) is 1. The van der Waals surface area contributed by atoms with Gasteiger partial charge in [0.05, 0.1) is 19.1 Å².